The van der Waals surface area contributed by atoms with Crippen LogP contribution in [0.1, 0.15) is 5.56 Å². The number of rotatable bonds is 13. The monoisotopic (exact) mass is 508 g/mol. The summed E-state index contributed by atoms with van der Waals surface area (Å²) in [5.41, 5.74) is 5.91. The minimum atomic E-state index is -4.76. The maximum absolute atomic E-state index is 12.2. The van der Waals surface area contributed by atoms with Crippen LogP contribution < -0.4 is 21.7 Å². The number of nitrogens with two attached hydrogens (primary N) is 1. The number of amides is 3. The van der Waals surface area contributed by atoms with Crippen LogP contribution in [-0.2, 0) is 45.8 Å². The van der Waals surface area contributed by atoms with Crippen LogP contribution in [0.15, 0.2) is 30.3 Å². The van der Waals surface area contributed by atoms with Gasteiger partial charge in [0, 0.05) is 19.5 Å². The fourth-order valence-corrected chi connectivity index (χ4v) is 3.68. The van der Waals surface area contributed by atoms with Crippen molar-refractivity contribution in [3.63, 3.8) is 0 Å². The lowest BCUT2D eigenvalue weighted by atomic mass is 10.1. The van der Waals surface area contributed by atoms with Crippen molar-refractivity contribution in [3.8, 4) is 0 Å². The summed E-state index contributed by atoms with van der Waals surface area (Å²) >= 11 is 0. The predicted octanol–water partition coefficient (Wildman–Crippen LogP) is -3.38. The van der Waals surface area contributed by atoms with Crippen molar-refractivity contribution in [3.05, 3.63) is 35.9 Å². The lowest BCUT2D eigenvalue weighted by molar-refractivity contribution is -0.137. The summed E-state index contributed by atoms with van der Waals surface area (Å²) in [4.78, 5) is 47.8. The van der Waals surface area contributed by atoms with Crippen LogP contribution >= 0.6 is 0 Å². The molecule has 0 bridgehead atoms. The minimum absolute atomic E-state index is 0.134. The quantitative estimate of drug-likeness (QED) is 0.0872. The average molecular weight is 509 g/mol. The summed E-state index contributed by atoms with van der Waals surface area (Å²) in [6.07, 6.45) is -0.134. The van der Waals surface area contributed by atoms with Crippen LogP contribution in [0, 0.1) is 0 Å². The minimum Gasteiger partial charge on any atom is -0.353 e. The van der Waals surface area contributed by atoms with Crippen molar-refractivity contribution in [2.24, 2.45) is 5.73 Å². The van der Waals surface area contributed by atoms with Gasteiger partial charge < -0.3 is 21.7 Å². The molecule has 0 aliphatic heterocycles. The third-order valence-electron chi connectivity index (χ3n) is 3.91. The Bertz CT molecular complexity index is 1070. The van der Waals surface area contributed by atoms with Crippen molar-refractivity contribution in [2.45, 2.75) is 18.5 Å². The van der Waals surface area contributed by atoms with Crippen LogP contribution in [0.25, 0.3) is 0 Å². The molecule has 14 nitrogen and oxygen atoms in total. The average Bonchev–Trinajstić information content (AvgIpc) is 2.68. The van der Waals surface area contributed by atoms with Gasteiger partial charge in [-0.3, -0.25) is 28.3 Å². The Hall–Kier alpha value is -2.92. The molecule has 7 N–H and O–H groups in total. The molecule has 184 valence electrons. The van der Waals surface area contributed by atoms with Gasteiger partial charge >= 0.3 is 0 Å². The van der Waals surface area contributed by atoms with Gasteiger partial charge in [0.2, 0.25) is 17.6 Å². The number of benzene rings is 1. The predicted molar refractivity (Wildman–Crippen MR) is 114 cm³/mol. The summed E-state index contributed by atoms with van der Waals surface area (Å²) in [5.74, 6) is -6.47. The molecule has 0 unspecified atom stereocenters. The number of hydrogen-bond acceptors (Lipinski definition) is 9. The van der Waals surface area contributed by atoms with E-state index in [4.69, 9.17) is 14.8 Å². The first-order chi connectivity index (χ1) is 15.2. The zero-order valence-corrected chi connectivity index (χ0v) is 18.8. The molecule has 0 aliphatic carbocycles. The number of ketones is 1. The highest BCUT2D eigenvalue weighted by atomic mass is 32.2. The van der Waals surface area contributed by atoms with Gasteiger partial charge in [-0.15, -0.1) is 0 Å². The van der Waals surface area contributed by atoms with Crippen LogP contribution in [0.5, 0.6) is 0 Å². The number of hydrogen-bond donors (Lipinski definition) is 6. The summed E-state index contributed by atoms with van der Waals surface area (Å²) in [6, 6.07) is 4.78. The Morgan fingerprint density at radius 1 is 0.848 bits per heavy atom. The van der Waals surface area contributed by atoms with E-state index in [0.717, 1.165) is 0 Å². The molecule has 0 heterocycles. The summed E-state index contributed by atoms with van der Waals surface area (Å²) in [7, 11) is -9.39. The van der Waals surface area contributed by atoms with Gasteiger partial charge in [0.15, 0.2) is 0 Å². The molecule has 0 aliphatic rings. The molecule has 0 saturated heterocycles. The Balaban J connectivity index is 2.59. The molecule has 1 rings (SSSR count). The van der Waals surface area contributed by atoms with Crippen LogP contribution in [0.4, 0.5) is 0 Å². The summed E-state index contributed by atoms with van der Waals surface area (Å²) in [6.45, 7) is -0.502. The molecule has 0 spiro atoms. The Morgan fingerprint density at radius 3 is 1.94 bits per heavy atom. The van der Waals surface area contributed by atoms with Gasteiger partial charge in [-0.2, -0.15) is 16.8 Å². The molecule has 3 amide bonds. The van der Waals surface area contributed by atoms with Crippen molar-refractivity contribution < 1.29 is 45.1 Å². The number of nitrogens with one attached hydrogen (secondary N) is 3. The molecule has 0 aromatic heterocycles. The van der Waals surface area contributed by atoms with Crippen molar-refractivity contribution >= 4 is 43.7 Å². The maximum atomic E-state index is 12.2. The van der Waals surface area contributed by atoms with E-state index in [2.05, 4.69) is 10.6 Å². The third-order valence-corrected chi connectivity index (χ3v) is 5.44. The van der Waals surface area contributed by atoms with Crippen LogP contribution in [0.3, 0.4) is 0 Å². The van der Waals surface area contributed by atoms with E-state index in [-0.39, 0.29) is 19.5 Å². The number of Topliss-reactive ketones (excluding diaryl/α,β-unsaturated/α-hetero) is 1. The first kappa shape index (κ1) is 28.1. The van der Waals surface area contributed by atoms with E-state index in [0.29, 0.717) is 5.56 Å². The SMILES string of the molecule is N[C@@H](CS(=O)(=O)O)C(=O)N[C@@H](CS(=O)(=O)O)C(=O)NCCNC(=O)C(=O)Cc1ccccc1. The van der Waals surface area contributed by atoms with Crippen LogP contribution in [0.2, 0.25) is 0 Å². The van der Waals surface area contributed by atoms with Gasteiger partial charge in [-0.1, -0.05) is 30.3 Å². The zero-order valence-electron chi connectivity index (χ0n) is 17.1. The second kappa shape index (κ2) is 12.4. The Kier molecular flexibility index (Phi) is 10.5. The standard InChI is InChI=1S/C17H24N4O10S2/c18-12(9-32(26,27)28)15(23)21-13(10-33(29,30)31)16(24)19-6-7-20-17(25)14(22)8-11-4-2-1-3-5-11/h1-5,12-13H,6-10,18H2,(H,19,24)(H,20,25)(H,21,23)(H,26,27,28)(H,29,30,31)/t12-,13-/m0/s1. The van der Waals surface area contributed by atoms with E-state index in [1.54, 1.807) is 30.3 Å². The van der Waals surface area contributed by atoms with E-state index in [9.17, 15) is 36.0 Å². The smallest absolute Gasteiger partial charge is 0.287 e. The molecule has 1 aromatic rings. The maximum Gasteiger partial charge on any atom is 0.287 e. The second-order valence-electron chi connectivity index (χ2n) is 6.80. The largest absolute Gasteiger partial charge is 0.353 e. The Morgan fingerprint density at radius 2 is 1.39 bits per heavy atom. The van der Waals surface area contributed by atoms with Gasteiger partial charge in [0.25, 0.3) is 26.1 Å². The highest BCUT2D eigenvalue weighted by Gasteiger charge is 2.29. The molecule has 33 heavy (non-hydrogen) atoms. The molecule has 0 fully saturated rings. The zero-order chi connectivity index (χ0) is 25.2. The molecule has 1 aromatic carbocycles. The van der Waals surface area contributed by atoms with Gasteiger partial charge in [-0.25, -0.2) is 0 Å². The molecule has 16 heteroatoms. The molecule has 0 saturated carbocycles. The normalized spacial score (nSPS) is 13.4. The number of carbonyl (C=O) groups excluding carboxylic acids is 4. The fourth-order valence-electron chi connectivity index (χ4n) is 2.42. The molecular formula is C17H24N4O10S2. The highest BCUT2D eigenvalue weighted by molar-refractivity contribution is 7.86. The van der Waals surface area contributed by atoms with Crippen LogP contribution in [-0.4, -0.2) is 86.1 Å². The van der Waals surface area contributed by atoms with Crippen molar-refractivity contribution in [1.82, 2.24) is 16.0 Å². The van der Waals surface area contributed by atoms with E-state index in [1.165, 1.54) is 0 Å². The first-order valence-electron chi connectivity index (χ1n) is 9.27. The molecule has 0 radical (unpaired) electrons. The van der Waals surface area contributed by atoms with Gasteiger partial charge in [-0.05, 0) is 5.56 Å². The number of carbonyl (C=O) groups is 4. The lowest BCUT2D eigenvalue weighted by Crippen LogP contribution is -2.56. The van der Waals surface area contributed by atoms with E-state index >= 15 is 0 Å². The summed E-state index contributed by atoms with van der Waals surface area (Å²) < 4.78 is 61.6. The van der Waals surface area contributed by atoms with Crippen molar-refractivity contribution in [2.75, 3.05) is 24.6 Å². The third kappa shape index (κ3) is 12.0. The van der Waals surface area contributed by atoms with Gasteiger partial charge in [0.1, 0.15) is 17.8 Å². The van der Waals surface area contributed by atoms with E-state index < -0.39 is 67.3 Å². The Labute approximate surface area is 189 Å². The van der Waals surface area contributed by atoms with Gasteiger partial charge in [0.05, 0.1) is 5.75 Å². The lowest BCUT2D eigenvalue weighted by Gasteiger charge is -2.19. The topological polar surface area (TPSA) is 239 Å². The second-order valence-corrected chi connectivity index (χ2v) is 9.79. The highest BCUT2D eigenvalue weighted by Crippen LogP contribution is 2.00. The van der Waals surface area contributed by atoms with E-state index in [1.807, 2.05) is 5.32 Å². The first-order valence-corrected chi connectivity index (χ1v) is 12.5. The van der Waals surface area contributed by atoms with Crippen molar-refractivity contribution in [1.29, 1.82) is 0 Å². The molecular weight excluding hydrogens is 484 g/mol. The molecule has 2 atom stereocenters. The summed E-state index contributed by atoms with van der Waals surface area (Å²) in [5, 5.41) is 6.29. The fraction of sp³-hybridized carbons (Fsp3) is 0.412.